The second-order valence-electron chi connectivity index (χ2n) is 2.09. The van der Waals surface area contributed by atoms with Crippen molar-refractivity contribution in [1.29, 1.82) is 0 Å². The van der Waals surface area contributed by atoms with Crippen LogP contribution >= 0.6 is 12.6 Å². The third-order valence-electron chi connectivity index (χ3n) is 1.27. The molecule has 1 rings (SSSR count). The van der Waals surface area contributed by atoms with Crippen LogP contribution < -0.4 is 0 Å². The Morgan fingerprint density at radius 2 is 1.83 bits per heavy atom. The molecule has 0 aliphatic heterocycles. The Labute approximate surface area is 72.2 Å². The highest BCUT2D eigenvalue weighted by atomic mass is 32.1. The van der Waals surface area contributed by atoms with E-state index in [-0.39, 0.29) is 10.5 Å². The number of carboxylic acid groups (broad SMARTS) is 1. The van der Waals surface area contributed by atoms with Crippen molar-refractivity contribution < 1.29 is 18.7 Å². The molecule has 0 spiro atoms. The summed E-state index contributed by atoms with van der Waals surface area (Å²) in [5.74, 6) is -3.63. The van der Waals surface area contributed by atoms with Crippen LogP contribution in [-0.2, 0) is 0 Å². The van der Waals surface area contributed by atoms with Gasteiger partial charge in [-0.3, -0.25) is 0 Å². The van der Waals surface area contributed by atoms with Gasteiger partial charge in [0.05, 0.1) is 5.56 Å². The Morgan fingerprint density at radius 3 is 2.33 bits per heavy atom. The molecule has 0 unspecified atom stereocenters. The summed E-state index contributed by atoms with van der Waals surface area (Å²) in [7, 11) is 0. The van der Waals surface area contributed by atoms with E-state index in [1.165, 1.54) is 0 Å². The normalized spacial score (nSPS) is 9.92. The van der Waals surface area contributed by atoms with Crippen LogP contribution in [0.3, 0.4) is 0 Å². The van der Waals surface area contributed by atoms with E-state index in [4.69, 9.17) is 5.11 Å². The maximum absolute atomic E-state index is 12.4. The maximum Gasteiger partial charge on any atom is 0.336 e. The van der Waals surface area contributed by atoms with E-state index < -0.39 is 17.6 Å². The summed E-state index contributed by atoms with van der Waals surface area (Å²) in [6, 6.07) is 1.32. The minimum Gasteiger partial charge on any atom is -0.478 e. The molecule has 5 heteroatoms. The van der Waals surface area contributed by atoms with Gasteiger partial charge in [-0.15, -0.1) is 12.6 Å². The average Bonchev–Trinajstić information content (AvgIpc) is 1.96. The van der Waals surface area contributed by atoms with E-state index in [1.807, 2.05) is 0 Å². The van der Waals surface area contributed by atoms with Crippen molar-refractivity contribution in [2.75, 3.05) is 0 Å². The number of benzene rings is 1. The van der Waals surface area contributed by atoms with Crippen molar-refractivity contribution in [3.63, 3.8) is 0 Å². The lowest BCUT2D eigenvalue weighted by Gasteiger charge is -1.99. The second kappa shape index (κ2) is 3.10. The molecule has 0 saturated carbocycles. The predicted octanol–water partition coefficient (Wildman–Crippen LogP) is 1.95. The summed E-state index contributed by atoms with van der Waals surface area (Å²) in [5, 5.41) is 8.44. The second-order valence-corrected chi connectivity index (χ2v) is 2.57. The zero-order chi connectivity index (χ0) is 9.30. The number of carboxylic acids is 1. The molecule has 0 aliphatic carbocycles. The minimum absolute atomic E-state index is 0.0959. The summed E-state index contributed by atoms with van der Waals surface area (Å²) in [5.41, 5.74) is -0.350. The molecule has 0 atom stereocenters. The lowest BCUT2D eigenvalue weighted by molar-refractivity contribution is 0.0692. The molecule has 1 aromatic rings. The van der Waals surface area contributed by atoms with Crippen molar-refractivity contribution in [3.8, 4) is 0 Å². The molecular formula is C7H4F2O2S. The van der Waals surface area contributed by atoms with Crippen molar-refractivity contribution in [3.05, 3.63) is 29.3 Å². The van der Waals surface area contributed by atoms with Crippen LogP contribution in [0.2, 0.25) is 0 Å². The van der Waals surface area contributed by atoms with E-state index in [2.05, 4.69) is 12.6 Å². The van der Waals surface area contributed by atoms with E-state index in [9.17, 15) is 13.6 Å². The van der Waals surface area contributed by atoms with Crippen molar-refractivity contribution >= 4 is 18.6 Å². The van der Waals surface area contributed by atoms with Crippen LogP contribution in [0, 0.1) is 11.6 Å². The quantitative estimate of drug-likeness (QED) is 0.664. The first kappa shape index (κ1) is 8.99. The lowest BCUT2D eigenvalue weighted by atomic mass is 10.2. The summed E-state index contributed by atoms with van der Waals surface area (Å²) in [6.45, 7) is 0. The first-order chi connectivity index (χ1) is 5.52. The van der Waals surface area contributed by atoms with Gasteiger partial charge >= 0.3 is 5.97 Å². The monoisotopic (exact) mass is 190 g/mol. The van der Waals surface area contributed by atoms with Gasteiger partial charge in [-0.25, -0.2) is 13.6 Å². The summed E-state index contributed by atoms with van der Waals surface area (Å²) in [4.78, 5) is 10.3. The van der Waals surface area contributed by atoms with E-state index in [1.54, 1.807) is 0 Å². The first-order valence-electron chi connectivity index (χ1n) is 2.93. The van der Waals surface area contributed by atoms with E-state index >= 15 is 0 Å². The molecule has 64 valence electrons. The summed E-state index contributed by atoms with van der Waals surface area (Å²) in [6.07, 6.45) is 0. The van der Waals surface area contributed by atoms with E-state index in [0.717, 1.165) is 6.07 Å². The van der Waals surface area contributed by atoms with Crippen LogP contribution in [0.25, 0.3) is 0 Å². The van der Waals surface area contributed by atoms with Gasteiger partial charge in [0.2, 0.25) is 0 Å². The molecule has 0 fully saturated rings. The van der Waals surface area contributed by atoms with E-state index in [0.29, 0.717) is 6.07 Å². The largest absolute Gasteiger partial charge is 0.478 e. The summed E-state index contributed by atoms with van der Waals surface area (Å²) < 4.78 is 24.9. The third kappa shape index (κ3) is 1.55. The number of hydrogen-bond acceptors (Lipinski definition) is 2. The van der Waals surface area contributed by atoms with Crippen LogP contribution in [0.1, 0.15) is 10.4 Å². The van der Waals surface area contributed by atoms with Gasteiger partial charge in [0.15, 0.2) is 11.6 Å². The zero-order valence-electron chi connectivity index (χ0n) is 5.71. The van der Waals surface area contributed by atoms with Crippen LogP contribution in [-0.4, -0.2) is 11.1 Å². The number of rotatable bonds is 1. The molecule has 0 saturated heterocycles. The number of hydrogen-bond donors (Lipinski definition) is 2. The van der Waals surface area contributed by atoms with Gasteiger partial charge in [0.25, 0.3) is 0 Å². The SMILES string of the molecule is O=C(O)c1cc(F)c(F)cc1S. The molecule has 0 heterocycles. The first-order valence-corrected chi connectivity index (χ1v) is 3.38. The molecule has 0 amide bonds. The van der Waals surface area contributed by atoms with Gasteiger partial charge < -0.3 is 5.11 Å². The Kier molecular flexibility index (Phi) is 2.32. The zero-order valence-corrected chi connectivity index (χ0v) is 6.61. The van der Waals surface area contributed by atoms with Crippen molar-refractivity contribution in [2.45, 2.75) is 4.90 Å². The smallest absolute Gasteiger partial charge is 0.336 e. The van der Waals surface area contributed by atoms with Gasteiger partial charge in [0.1, 0.15) is 0 Å². The van der Waals surface area contributed by atoms with Crippen LogP contribution in [0.15, 0.2) is 17.0 Å². The maximum atomic E-state index is 12.4. The van der Waals surface area contributed by atoms with Gasteiger partial charge in [-0.1, -0.05) is 0 Å². The highest BCUT2D eigenvalue weighted by Crippen LogP contribution is 2.17. The Morgan fingerprint density at radius 1 is 1.33 bits per heavy atom. The van der Waals surface area contributed by atoms with Crippen molar-refractivity contribution in [1.82, 2.24) is 0 Å². The molecule has 1 N–H and O–H groups in total. The fourth-order valence-electron chi connectivity index (χ4n) is 0.708. The molecule has 0 aliphatic rings. The number of thiol groups is 1. The Balaban J connectivity index is 3.33. The van der Waals surface area contributed by atoms with Gasteiger partial charge in [-0.2, -0.15) is 0 Å². The Hall–Kier alpha value is -1.10. The lowest BCUT2D eigenvalue weighted by Crippen LogP contribution is -2.00. The highest BCUT2D eigenvalue weighted by molar-refractivity contribution is 7.80. The minimum atomic E-state index is -1.33. The number of carbonyl (C=O) groups is 1. The molecule has 0 bridgehead atoms. The fraction of sp³-hybridized carbons (Fsp3) is 0. The molecule has 0 radical (unpaired) electrons. The molecular weight excluding hydrogens is 186 g/mol. The van der Waals surface area contributed by atoms with Gasteiger partial charge in [0, 0.05) is 4.90 Å². The van der Waals surface area contributed by atoms with Crippen LogP contribution in [0.4, 0.5) is 8.78 Å². The molecule has 12 heavy (non-hydrogen) atoms. The fourth-order valence-corrected chi connectivity index (χ4v) is 0.981. The molecule has 2 nitrogen and oxygen atoms in total. The standard InChI is InChI=1S/C7H4F2O2S/c8-4-1-3(7(10)11)6(12)2-5(4)9/h1-2,12H,(H,10,11). The molecule has 1 aromatic carbocycles. The highest BCUT2D eigenvalue weighted by Gasteiger charge is 2.12. The summed E-state index contributed by atoms with van der Waals surface area (Å²) >= 11 is 3.67. The van der Waals surface area contributed by atoms with Crippen LogP contribution in [0.5, 0.6) is 0 Å². The number of aromatic carboxylic acids is 1. The third-order valence-corrected chi connectivity index (χ3v) is 1.64. The predicted molar refractivity (Wildman–Crippen MR) is 40.6 cm³/mol. The van der Waals surface area contributed by atoms with Gasteiger partial charge in [-0.05, 0) is 12.1 Å². The Bertz CT molecular complexity index is 338. The average molecular weight is 190 g/mol. The van der Waals surface area contributed by atoms with Crippen molar-refractivity contribution in [2.24, 2.45) is 0 Å². The molecule has 0 aromatic heterocycles. The topological polar surface area (TPSA) is 37.3 Å². The number of halogens is 2.